The fourth-order valence-corrected chi connectivity index (χ4v) is 3.47. The third-order valence-corrected chi connectivity index (χ3v) is 4.54. The maximum absolute atomic E-state index is 6.30. The number of halogens is 2. The molecule has 2 aromatic rings. The van der Waals surface area contributed by atoms with E-state index in [9.17, 15) is 0 Å². The van der Waals surface area contributed by atoms with Crippen molar-refractivity contribution in [2.45, 2.75) is 31.7 Å². The van der Waals surface area contributed by atoms with E-state index in [1.54, 1.807) is 6.07 Å². The standard InChI is InChI=1S/C17H17Cl2N/c18-14-6-7-15(16(19)10-14)17(20)9-11-4-5-12-2-1-3-13(12)8-11/h4-8,10,17H,1-3,9,20H2. The zero-order chi connectivity index (χ0) is 14.1. The van der Waals surface area contributed by atoms with Gasteiger partial charge in [0, 0.05) is 16.1 Å². The minimum Gasteiger partial charge on any atom is -0.324 e. The largest absolute Gasteiger partial charge is 0.324 e. The van der Waals surface area contributed by atoms with Crippen molar-refractivity contribution < 1.29 is 0 Å². The van der Waals surface area contributed by atoms with Crippen molar-refractivity contribution in [2.24, 2.45) is 5.73 Å². The molecular formula is C17H17Cl2N. The van der Waals surface area contributed by atoms with Crippen LogP contribution in [0.1, 0.15) is 34.7 Å². The summed E-state index contributed by atoms with van der Waals surface area (Å²) in [7, 11) is 0. The molecule has 0 fully saturated rings. The molecule has 1 aliphatic rings. The Labute approximate surface area is 129 Å². The molecule has 1 atom stereocenters. The normalized spacial score (nSPS) is 15.2. The average molecular weight is 306 g/mol. The van der Waals surface area contributed by atoms with Gasteiger partial charge in [0.2, 0.25) is 0 Å². The highest BCUT2D eigenvalue weighted by molar-refractivity contribution is 6.35. The summed E-state index contributed by atoms with van der Waals surface area (Å²) >= 11 is 12.1. The summed E-state index contributed by atoms with van der Waals surface area (Å²) in [6.45, 7) is 0. The van der Waals surface area contributed by atoms with Crippen LogP contribution in [0.2, 0.25) is 10.0 Å². The van der Waals surface area contributed by atoms with E-state index in [1.807, 2.05) is 12.1 Å². The first kappa shape index (κ1) is 13.9. The predicted molar refractivity (Wildman–Crippen MR) is 85.6 cm³/mol. The van der Waals surface area contributed by atoms with Gasteiger partial charge in [0.1, 0.15) is 0 Å². The molecule has 3 heteroatoms. The highest BCUT2D eigenvalue weighted by Crippen LogP contribution is 2.29. The smallest absolute Gasteiger partial charge is 0.0468 e. The van der Waals surface area contributed by atoms with Gasteiger partial charge in [-0.3, -0.25) is 0 Å². The Hall–Kier alpha value is -1.02. The number of fused-ring (bicyclic) bond motifs is 1. The van der Waals surface area contributed by atoms with Gasteiger partial charge in [-0.05, 0) is 60.1 Å². The molecule has 2 N–H and O–H groups in total. The van der Waals surface area contributed by atoms with Crippen molar-refractivity contribution in [1.29, 1.82) is 0 Å². The van der Waals surface area contributed by atoms with E-state index in [4.69, 9.17) is 28.9 Å². The number of aryl methyl sites for hydroxylation is 2. The van der Waals surface area contributed by atoms with E-state index < -0.39 is 0 Å². The third kappa shape index (κ3) is 2.85. The van der Waals surface area contributed by atoms with Crippen LogP contribution < -0.4 is 5.73 Å². The van der Waals surface area contributed by atoms with Crippen LogP contribution in [0.25, 0.3) is 0 Å². The van der Waals surface area contributed by atoms with E-state index in [0.29, 0.717) is 10.0 Å². The second kappa shape index (κ2) is 5.77. The van der Waals surface area contributed by atoms with Crippen LogP contribution in [0, 0.1) is 0 Å². The lowest BCUT2D eigenvalue weighted by Crippen LogP contribution is -2.14. The molecule has 0 aliphatic heterocycles. The van der Waals surface area contributed by atoms with Gasteiger partial charge in [-0.25, -0.2) is 0 Å². The summed E-state index contributed by atoms with van der Waals surface area (Å²) in [5.74, 6) is 0. The highest BCUT2D eigenvalue weighted by Gasteiger charge is 2.14. The lowest BCUT2D eigenvalue weighted by atomic mass is 9.97. The second-order valence-corrected chi connectivity index (χ2v) is 6.28. The van der Waals surface area contributed by atoms with Crippen LogP contribution in [0.4, 0.5) is 0 Å². The Bertz CT molecular complexity index is 637. The zero-order valence-electron chi connectivity index (χ0n) is 11.2. The van der Waals surface area contributed by atoms with E-state index >= 15 is 0 Å². The topological polar surface area (TPSA) is 26.0 Å². The van der Waals surface area contributed by atoms with Crippen LogP contribution in [0.5, 0.6) is 0 Å². The molecule has 1 unspecified atom stereocenters. The number of benzene rings is 2. The Morgan fingerprint density at radius 1 is 1.00 bits per heavy atom. The Kier molecular flexibility index (Phi) is 4.02. The van der Waals surface area contributed by atoms with Crippen molar-refractivity contribution >= 4 is 23.2 Å². The molecule has 0 radical (unpaired) electrons. The lowest BCUT2D eigenvalue weighted by molar-refractivity contribution is 0.721. The van der Waals surface area contributed by atoms with Gasteiger partial charge >= 0.3 is 0 Å². The molecule has 3 rings (SSSR count). The number of hydrogen-bond acceptors (Lipinski definition) is 1. The van der Waals surface area contributed by atoms with Gasteiger partial charge in [0.15, 0.2) is 0 Å². The Morgan fingerprint density at radius 2 is 1.80 bits per heavy atom. The first-order chi connectivity index (χ1) is 9.63. The van der Waals surface area contributed by atoms with E-state index in [1.165, 1.54) is 36.0 Å². The van der Waals surface area contributed by atoms with Gasteiger partial charge in [-0.2, -0.15) is 0 Å². The predicted octanol–water partition coefficient (Wildman–Crippen LogP) is 4.72. The van der Waals surface area contributed by atoms with Crippen molar-refractivity contribution in [3.8, 4) is 0 Å². The van der Waals surface area contributed by atoms with Gasteiger partial charge in [0.05, 0.1) is 0 Å². The lowest BCUT2D eigenvalue weighted by Gasteiger charge is -2.15. The second-order valence-electron chi connectivity index (χ2n) is 5.43. The first-order valence-electron chi connectivity index (χ1n) is 6.94. The maximum Gasteiger partial charge on any atom is 0.0468 e. The molecule has 1 nitrogen and oxygen atoms in total. The molecule has 0 spiro atoms. The number of nitrogens with two attached hydrogens (primary N) is 1. The monoisotopic (exact) mass is 305 g/mol. The van der Waals surface area contributed by atoms with Crippen molar-refractivity contribution in [1.82, 2.24) is 0 Å². The maximum atomic E-state index is 6.30. The Morgan fingerprint density at radius 3 is 2.60 bits per heavy atom. The van der Waals surface area contributed by atoms with E-state index in [-0.39, 0.29) is 6.04 Å². The summed E-state index contributed by atoms with van der Waals surface area (Å²) < 4.78 is 0. The highest BCUT2D eigenvalue weighted by atomic mass is 35.5. The number of rotatable bonds is 3. The molecule has 0 heterocycles. The fraction of sp³-hybridized carbons (Fsp3) is 0.294. The minimum absolute atomic E-state index is 0.0979. The van der Waals surface area contributed by atoms with Crippen molar-refractivity contribution in [3.05, 3.63) is 68.7 Å². The van der Waals surface area contributed by atoms with Crippen LogP contribution in [-0.2, 0) is 19.3 Å². The molecule has 1 aliphatic carbocycles. The zero-order valence-corrected chi connectivity index (χ0v) is 12.7. The summed E-state index contributed by atoms with van der Waals surface area (Å²) in [5, 5.41) is 1.29. The molecule has 0 aromatic heterocycles. The van der Waals surface area contributed by atoms with Gasteiger partial charge in [-0.15, -0.1) is 0 Å². The van der Waals surface area contributed by atoms with Crippen molar-refractivity contribution in [2.75, 3.05) is 0 Å². The first-order valence-corrected chi connectivity index (χ1v) is 7.70. The molecular weight excluding hydrogens is 289 g/mol. The molecule has 0 amide bonds. The third-order valence-electron chi connectivity index (χ3n) is 3.98. The summed E-state index contributed by atoms with van der Waals surface area (Å²) in [5.41, 5.74) is 11.5. The van der Waals surface area contributed by atoms with Crippen LogP contribution in [-0.4, -0.2) is 0 Å². The van der Waals surface area contributed by atoms with E-state index in [0.717, 1.165) is 12.0 Å². The van der Waals surface area contributed by atoms with Crippen molar-refractivity contribution in [3.63, 3.8) is 0 Å². The van der Waals surface area contributed by atoms with Crippen LogP contribution in [0.15, 0.2) is 36.4 Å². The SMILES string of the molecule is NC(Cc1ccc2c(c1)CCC2)c1ccc(Cl)cc1Cl. The summed E-state index contributed by atoms with van der Waals surface area (Å²) in [6.07, 6.45) is 4.48. The Balaban J connectivity index is 1.80. The average Bonchev–Trinajstić information content (AvgIpc) is 2.85. The molecule has 104 valence electrons. The van der Waals surface area contributed by atoms with E-state index in [2.05, 4.69) is 18.2 Å². The molecule has 0 saturated heterocycles. The molecule has 0 bridgehead atoms. The summed E-state index contributed by atoms with van der Waals surface area (Å²) in [4.78, 5) is 0. The minimum atomic E-state index is -0.0979. The molecule has 20 heavy (non-hydrogen) atoms. The van der Waals surface area contributed by atoms with Gasteiger partial charge < -0.3 is 5.73 Å². The quantitative estimate of drug-likeness (QED) is 0.872. The number of hydrogen-bond donors (Lipinski definition) is 1. The van der Waals surface area contributed by atoms with Gasteiger partial charge in [0.25, 0.3) is 0 Å². The molecule has 0 saturated carbocycles. The molecule has 2 aromatic carbocycles. The fourth-order valence-electron chi connectivity index (χ4n) is 2.92. The summed E-state index contributed by atoms with van der Waals surface area (Å²) in [6, 6.07) is 12.1. The van der Waals surface area contributed by atoms with Crippen LogP contribution >= 0.6 is 23.2 Å². The van der Waals surface area contributed by atoms with Crippen LogP contribution in [0.3, 0.4) is 0 Å². The van der Waals surface area contributed by atoms with Gasteiger partial charge in [-0.1, -0.05) is 47.5 Å².